The second-order valence-corrected chi connectivity index (χ2v) is 5.93. The summed E-state index contributed by atoms with van der Waals surface area (Å²) in [5.41, 5.74) is 0.758. The molecule has 0 radical (unpaired) electrons. The van der Waals surface area contributed by atoms with E-state index in [0.29, 0.717) is 22.5 Å². The van der Waals surface area contributed by atoms with Crippen LogP contribution in [-0.4, -0.2) is 17.0 Å². The van der Waals surface area contributed by atoms with Gasteiger partial charge in [-0.25, -0.2) is 9.78 Å². The van der Waals surface area contributed by atoms with Gasteiger partial charge in [-0.15, -0.1) is 0 Å². The molecular formula is C19H18N2O4. The lowest BCUT2D eigenvalue weighted by atomic mass is 10.1. The summed E-state index contributed by atoms with van der Waals surface area (Å²) in [6, 6.07) is 9.86. The Morgan fingerprint density at radius 1 is 1.24 bits per heavy atom. The SMILES string of the molecule is Cc1cccnc1NC(=O)c1cc(=O)oc2cc(OC(C)C)ccc12. The number of benzene rings is 1. The quantitative estimate of drug-likeness (QED) is 0.736. The first kappa shape index (κ1) is 16.7. The van der Waals surface area contributed by atoms with E-state index >= 15 is 0 Å². The lowest BCUT2D eigenvalue weighted by Gasteiger charge is -2.11. The lowest BCUT2D eigenvalue weighted by molar-refractivity contribution is 0.102. The zero-order valence-electron chi connectivity index (χ0n) is 14.2. The number of hydrogen-bond acceptors (Lipinski definition) is 5. The normalized spacial score (nSPS) is 10.9. The molecule has 128 valence electrons. The molecule has 0 saturated heterocycles. The molecule has 0 spiro atoms. The van der Waals surface area contributed by atoms with Crippen LogP contribution in [0.25, 0.3) is 11.0 Å². The van der Waals surface area contributed by atoms with Crippen molar-refractivity contribution in [1.29, 1.82) is 0 Å². The van der Waals surface area contributed by atoms with Gasteiger partial charge in [0.15, 0.2) is 0 Å². The van der Waals surface area contributed by atoms with Gasteiger partial charge in [-0.05, 0) is 44.5 Å². The molecule has 0 atom stereocenters. The van der Waals surface area contributed by atoms with Gasteiger partial charge in [-0.1, -0.05) is 6.07 Å². The van der Waals surface area contributed by atoms with Crippen molar-refractivity contribution in [2.24, 2.45) is 0 Å². The summed E-state index contributed by atoms with van der Waals surface area (Å²) in [7, 11) is 0. The Morgan fingerprint density at radius 2 is 2.04 bits per heavy atom. The predicted octanol–water partition coefficient (Wildman–Crippen LogP) is 3.54. The number of anilines is 1. The van der Waals surface area contributed by atoms with Crippen LogP contribution in [0.1, 0.15) is 29.8 Å². The second kappa shape index (κ2) is 6.76. The van der Waals surface area contributed by atoms with Crippen molar-refractivity contribution in [3.63, 3.8) is 0 Å². The maximum atomic E-state index is 12.6. The first-order valence-corrected chi connectivity index (χ1v) is 7.91. The molecule has 0 aliphatic carbocycles. The molecule has 2 aromatic heterocycles. The van der Waals surface area contributed by atoms with Crippen molar-refractivity contribution in [2.75, 3.05) is 5.32 Å². The van der Waals surface area contributed by atoms with Crippen LogP contribution < -0.4 is 15.7 Å². The molecule has 2 heterocycles. The maximum Gasteiger partial charge on any atom is 0.337 e. The van der Waals surface area contributed by atoms with Crippen molar-refractivity contribution < 1.29 is 13.9 Å². The van der Waals surface area contributed by atoms with Crippen molar-refractivity contribution in [2.45, 2.75) is 26.9 Å². The summed E-state index contributed by atoms with van der Waals surface area (Å²) in [6.07, 6.45) is 1.58. The van der Waals surface area contributed by atoms with E-state index in [0.717, 1.165) is 5.56 Å². The third kappa shape index (κ3) is 3.68. The van der Waals surface area contributed by atoms with Crippen LogP contribution in [0.15, 0.2) is 51.8 Å². The Kier molecular flexibility index (Phi) is 4.52. The summed E-state index contributed by atoms with van der Waals surface area (Å²) in [5.74, 6) is 0.606. The number of carbonyl (C=O) groups is 1. The van der Waals surface area contributed by atoms with Crippen molar-refractivity contribution in [1.82, 2.24) is 4.98 Å². The molecule has 6 nitrogen and oxygen atoms in total. The fourth-order valence-electron chi connectivity index (χ4n) is 2.47. The lowest BCUT2D eigenvalue weighted by Crippen LogP contribution is -2.16. The number of pyridine rings is 1. The van der Waals surface area contributed by atoms with Crippen LogP contribution in [0, 0.1) is 6.92 Å². The molecule has 0 aliphatic heterocycles. The Balaban J connectivity index is 2.02. The van der Waals surface area contributed by atoms with Crippen LogP contribution in [0.3, 0.4) is 0 Å². The largest absolute Gasteiger partial charge is 0.491 e. The third-order valence-electron chi connectivity index (χ3n) is 3.57. The summed E-state index contributed by atoms with van der Waals surface area (Å²) in [6.45, 7) is 5.65. The number of aryl methyl sites for hydroxylation is 1. The van der Waals surface area contributed by atoms with Crippen LogP contribution in [0.2, 0.25) is 0 Å². The molecule has 1 aromatic carbocycles. The number of ether oxygens (including phenoxy) is 1. The van der Waals surface area contributed by atoms with Gasteiger partial charge in [-0.2, -0.15) is 0 Å². The van der Waals surface area contributed by atoms with Crippen molar-refractivity contribution >= 4 is 22.7 Å². The van der Waals surface area contributed by atoms with Gasteiger partial charge < -0.3 is 14.5 Å². The van der Waals surface area contributed by atoms with Crippen LogP contribution in [0.5, 0.6) is 5.75 Å². The number of rotatable bonds is 4. The van der Waals surface area contributed by atoms with E-state index in [9.17, 15) is 9.59 Å². The first-order valence-electron chi connectivity index (χ1n) is 7.91. The fourth-order valence-corrected chi connectivity index (χ4v) is 2.47. The van der Waals surface area contributed by atoms with E-state index in [-0.39, 0.29) is 11.7 Å². The highest BCUT2D eigenvalue weighted by molar-refractivity contribution is 6.11. The van der Waals surface area contributed by atoms with Crippen LogP contribution >= 0.6 is 0 Å². The highest BCUT2D eigenvalue weighted by Crippen LogP contribution is 2.24. The molecule has 0 saturated carbocycles. The number of nitrogens with zero attached hydrogens (tertiary/aromatic N) is 1. The molecule has 3 aromatic rings. The minimum absolute atomic E-state index is 0.0113. The Morgan fingerprint density at radius 3 is 2.76 bits per heavy atom. The van der Waals surface area contributed by atoms with E-state index < -0.39 is 11.5 Å². The Labute approximate surface area is 144 Å². The van der Waals surface area contributed by atoms with E-state index in [1.165, 1.54) is 6.07 Å². The van der Waals surface area contributed by atoms with Gasteiger partial charge in [0.05, 0.1) is 11.7 Å². The second-order valence-electron chi connectivity index (χ2n) is 5.93. The van der Waals surface area contributed by atoms with E-state index in [1.54, 1.807) is 30.5 Å². The first-order chi connectivity index (χ1) is 11.9. The van der Waals surface area contributed by atoms with Gasteiger partial charge in [-0.3, -0.25) is 4.79 Å². The number of fused-ring (bicyclic) bond motifs is 1. The standard InChI is InChI=1S/C19H18N2O4/c1-11(2)24-13-6-7-14-15(10-17(22)25-16(14)9-13)19(23)21-18-12(3)5-4-8-20-18/h4-11H,1-3H3,(H,20,21,23). The van der Waals surface area contributed by atoms with Gasteiger partial charge in [0.2, 0.25) is 0 Å². The van der Waals surface area contributed by atoms with Crippen LogP contribution in [0.4, 0.5) is 5.82 Å². The summed E-state index contributed by atoms with van der Waals surface area (Å²) >= 11 is 0. The van der Waals surface area contributed by atoms with E-state index in [4.69, 9.17) is 9.15 Å². The average Bonchev–Trinajstić information content (AvgIpc) is 2.55. The number of hydrogen-bond donors (Lipinski definition) is 1. The predicted molar refractivity (Wildman–Crippen MR) is 95.2 cm³/mol. The zero-order valence-corrected chi connectivity index (χ0v) is 14.2. The maximum absolute atomic E-state index is 12.6. The highest BCUT2D eigenvalue weighted by atomic mass is 16.5. The minimum Gasteiger partial charge on any atom is -0.491 e. The number of aromatic nitrogens is 1. The molecule has 3 rings (SSSR count). The van der Waals surface area contributed by atoms with Gasteiger partial charge in [0, 0.05) is 23.7 Å². The Hall–Kier alpha value is -3.15. The van der Waals surface area contributed by atoms with Crippen molar-refractivity contribution in [3.8, 4) is 5.75 Å². The summed E-state index contributed by atoms with van der Waals surface area (Å²) in [5, 5.41) is 3.26. The van der Waals surface area contributed by atoms with Crippen LogP contribution in [-0.2, 0) is 0 Å². The summed E-state index contributed by atoms with van der Waals surface area (Å²) in [4.78, 5) is 28.6. The van der Waals surface area contributed by atoms with Gasteiger partial charge >= 0.3 is 5.63 Å². The van der Waals surface area contributed by atoms with Crippen molar-refractivity contribution in [3.05, 3.63) is 64.1 Å². The summed E-state index contributed by atoms with van der Waals surface area (Å²) < 4.78 is 10.8. The molecule has 0 aliphatic rings. The number of nitrogens with one attached hydrogen (secondary N) is 1. The molecule has 0 fully saturated rings. The molecule has 1 amide bonds. The zero-order chi connectivity index (χ0) is 18.0. The van der Waals surface area contributed by atoms with Gasteiger partial charge in [0.1, 0.15) is 17.2 Å². The third-order valence-corrected chi connectivity index (χ3v) is 3.57. The monoisotopic (exact) mass is 338 g/mol. The molecule has 0 unspecified atom stereocenters. The fraction of sp³-hybridized carbons (Fsp3) is 0.211. The number of carbonyl (C=O) groups excluding carboxylic acids is 1. The average molecular weight is 338 g/mol. The minimum atomic E-state index is -0.600. The molecule has 25 heavy (non-hydrogen) atoms. The Bertz CT molecular complexity index is 992. The highest BCUT2D eigenvalue weighted by Gasteiger charge is 2.15. The smallest absolute Gasteiger partial charge is 0.337 e. The molecule has 1 N–H and O–H groups in total. The van der Waals surface area contributed by atoms with Gasteiger partial charge in [0.25, 0.3) is 5.91 Å². The van der Waals surface area contributed by atoms with E-state index in [2.05, 4.69) is 10.3 Å². The molecular weight excluding hydrogens is 320 g/mol. The topological polar surface area (TPSA) is 81.4 Å². The molecule has 0 bridgehead atoms. The van der Waals surface area contributed by atoms with E-state index in [1.807, 2.05) is 26.8 Å². The molecule has 6 heteroatoms. The number of amides is 1.